The highest BCUT2D eigenvalue weighted by atomic mass is 16.5. The number of hydrogen-bond donors (Lipinski definition) is 0. The maximum absolute atomic E-state index is 12.8. The van der Waals surface area contributed by atoms with E-state index in [1.165, 1.54) is 0 Å². The summed E-state index contributed by atoms with van der Waals surface area (Å²) in [7, 11) is 1.61. The second-order valence-corrected chi connectivity index (χ2v) is 6.91. The van der Waals surface area contributed by atoms with Crippen LogP contribution in [0.2, 0.25) is 0 Å². The number of hydrogen-bond acceptors (Lipinski definition) is 4. The van der Waals surface area contributed by atoms with Crippen molar-refractivity contribution < 1.29 is 19.0 Å². The minimum absolute atomic E-state index is 0.133. The molecule has 1 aliphatic rings. The van der Waals surface area contributed by atoms with E-state index in [0.29, 0.717) is 29.4 Å². The van der Waals surface area contributed by atoms with Crippen LogP contribution in [-0.2, 0) is 0 Å². The molecule has 0 spiro atoms. The Bertz CT molecular complexity index is 1130. The average Bonchev–Trinajstić information content (AvgIpc) is 3.09. The van der Waals surface area contributed by atoms with E-state index < -0.39 is 0 Å². The van der Waals surface area contributed by atoms with E-state index in [1.54, 1.807) is 19.3 Å². The predicted octanol–water partition coefficient (Wildman–Crippen LogP) is 5.71. The third kappa shape index (κ3) is 4.13. The van der Waals surface area contributed by atoms with Crippen LogP contribution in [-0.4, -0.2) is 19.5 Å². The van der Waals surface area contributed by atoms with Crippen molar-refractivity contribution in [3.05, 3.63) is 101 Å². The van der Waals surface area contributed by atoms with Crippen LogP contribution >= 0.6 is 0 Å². The van der Waals surface area contributed by atoms with Gasteiger partial charge in [-0.1, -0.05) is 48.5 Å². The summed E-state index contributed by atoms with van der Waals surface area (Å²) in [4.78, 5) is 12.8. The summed E-state index contributed by atoms with van der Waals surface area (Å²) in [6, 6.07) is 21.1. The quantitative estimate of drug-likeness (QED) is 0.499. The monoisotopic (exact) mass is 398 g/mol. The molecule has 30 heavy (non-hydrogen) atoms. The number of fused-ring (bicyclic) bond motifs is 1. The second-order valence-electron chi connectivity index (χ2n) is 6.91. The smallest absolute Gasteiger partial charge is 0.231 e. The molecule has 0 saturated carbocycles. The molecule has 0 radical (unpaired) electrons. The van der Waals surface area contributed by atoms with Crippen molar-refractivity contribution in [3.63, 3.8) is 0 Å². The minimum Gasteiger partial charge on any atom is -0.497 e. The molecule has 150 valence electrons. The van der Waals surface area contributed by atoms with Gasteiger partial charge in [0.2, 0.25) is 5.78 Å². The molecule has 4 rings (SSSR count). The molecule has 3 aromatic rings. The first kappa shape index (κ1) is 19.5. The summed E-state index contributed by atoms with van der Waals surface area (Å²) >= 11 is 0. The number of carbonyl (C=O) groups excluding carboxylic acids is 1. The number of methoxy groups -OCH3 is 1. The van der Waals surface area contributed by atoms with Crippen molar-refractivity contribution >= 4 is 17.9 Å². The van der Waals surface area contributed by atoms with Gasteiger partial charge in [0.05, 0.1) is 12.7 Å². The number of ketones is 1. The Labute approximate surface area is 176 Å². The number of benzene rings is 3. The molecule has 3 aromatic carbocycles. The lowest BCUT2D eigenvalue weighted by atomic mass is 10.1. The zero-order chi connectivity index (χ0) is 20.9. The van der Waals surface area contributed by atoms with Crippen molar-refractivity contribution in [1.29, 1.82) is 0 Å². The van der Waals surface area contributed by atoms with Crippen molar-refractivity contribution in [3.8, 4) is 17.2 Å². The summed E-state index contributed by atoms with van der Waals surface area (Å²) in [5, 5.41) is 0. The minimum atomic E-state index is -0.133. The Kier molecular flexibility index (Phi) is 5.66. The molecule has 0 amide bonds. The maximum atomic E-state index is 12.8. The molecule has 0 saturated heterocycles. The molecule has 4 nitrogen and oxygen atoms in total. The number of carbonyl (C=O) groups is 1. The highest BCUT2D eigenvalue weighted by Gasteiger charge is 2.30. The molecular formula is C26H22O4. The average molecular weight is 398 g/mol. The molecular weight excluding hydrogens is 376 g/mol. The van der Waals surface area contributed by atoms with Crippen LogP contribution in [0.25, 0.3) is 12.2 Å². The molecule has 0 fully saturated rings. The van der Waals surface area contributed by atoms with E-state index in [-0.39, 0.29) is 5.78 Å². The van der Waals surface area contributed by atoms with Crippen LogP contribution < -0.4 is 14.2 Å². The fourth-order valence-electron chi connectivity index (χ4n) is 3.29. The highest BCUT2D eigenvalue weighted by Crippen LogP contribution is 2.39. The molecule has 0 N–H and O–H groups in total. The first-order chi connectivity index (χ1) is 14.7. The van der Waals surface area contributed by atoms with Crippen LogP contribution in [0.5, 0.6) is 17.2 Å². The second kappa shape index (κ2) is 8.70. The fraction of sp³-hybridized carbons (Fsp3) is 0.115. The van der Waals surface area contributed by atoms with Gasteiger partial charge in [0.1, 0.15) is 23.9 Å². The van der Waals surface area contributed by atoms with Gasteiger partial charge >= 0.3 is 0 Å². The van der Waals surface area contributed by atoms with Crippen molar-refractivity contribution in [2.75, 3.05) is 13.7 Å². The lowest BCUT2D eigenvalue weighted by Crippen LogP contribution is -1.98. The van der Waals surface area contributed by atoms with Gasteiger partial charge in [0, 0.05) is 5.56 Å². The molecule has 0 unspecified atom stereocenters. The van der Waals surface area contributed by atoms with Gasteiger partial charge in [0.15, 0.2) is 5.76 Å². The lowest BCUT2D eigenvalue weighted by molar-refractivity contribution is 0.101. The van der Waals surface area contributed by atoms with Crippen molar-refractivity contribution in [2.24, 2.45) is 0 Å². The molecule has 0 bridgehead atoms. The SMILES string of the molecule is COc1cccc(/C=C2\Oc3c(ccc(OC/C=C/c4ccccc4)c3C)C2=O)c1. The summed E-state index contributed by atoms with van der Waals surface area (Å²) in [5.74, 6) is 2.14. The Morgan fingerprint density at radius 2 is 1.77 bits per heavy atom. The van der Waals surface area contributed by atoms with Gasteiger partial charge in [-0.3, -0.25) is 4.79 Å². The van der Waals surface area contributed by atoms with E-state index in [1.807, 2.05) is 79.7 Å². The largest absolute Gasteiger partial charge is 0.497 e. The Hall–Kier alpha value is -3.79. The lowest BCUT2D eigenvalue weighted by Gasteiger charge is -2.10. The van der Waals surface area contributed by atoms with Crippen molar-refractivity contribution in [2.45, 2.75) is 6.92 Å². The van der Waals surface area contributed by atoms with Gasteiger partial charge in [-0.15, -0.1) is 0 Å². The summed E-state index contributed by atoms with van der Waals surface area (Å²) in [6.45, 7) is 2.33. The van der Waals surface area contributed by atoms with E-state index in [9.17, 15) is 4.79 Å². The normalized spacial score (nSPS) is 14.1. The van der Waals surface area contributed by atoms with Gasteiger partial charge in [-0.25, -0.2) is 0 Å². The van der Waals surface area contributed by atoms with Gasteiger partial charge < -0.3 is 14.2 Å². The molecule has 4 heteroatoms. The standard InChI is InChI=1S/C26H22O4/c1-18-23(29-15-7-11-19-8-4-3-5-9-19)14-13-22-25(27)24(30-26(18)22)17-20-10-6-12-21(16-20)28-2/h3-14,16-17H,15H2,1-2H3/b11-7+,24-17-. The molecule has 1 heterocycles. The summed E-state index contributed by atoms with van der Waals surface area (Å²) in [5.41, 5.74) is 3.32. The van der Waals surface area contributed by atoms with Crippen LogP contribution in [0.3, 0.4) is 0 Å². The summed E-state index contributed by atoms with van der Waals surface area (Å²) < 4.78 is 17.0. The van der Waals surface area contributed by atoms with E-state index in [2.05, 4.69) is 0 Å². The topological polar surface area (TPSA) is 44.8 Å². The molecule has 0 aliphatic carbocycles. The fourth-order valence-corrected chi connectivity index (χ4v) is 3.29. The Balaban J connectivity index is 1.50. The Morgan fingerprint density at radius 1 is 0.967 bits per heavy atom. The van der Waals surface area contributed by atoms with Gasteiger partial charge in [-0.2, -0.15) is 0 Å². The molecule has 0 atom stereocenters. The third-order valence-electron chi connectivity index (χ3n) is 4.87. The highest BCUT2D eigenvalue weighted by molar-refractivity contribution is 6.15. The van der Waals surface area contributed by atoms with E-state index in [0.717, 1.165) is 22.4 Å². The van der Waals surface area contributed by atoms with Crippen LogP contribution in [0.15, 0.2) is 78.6 Å². The van der Waals surface area contributed by atoms with Gasteiger partial charge in [0.25, 0.3) is 0 Å². The first-order valence-corrected chi connectivity index (χ1v) is 9.72. The van der Waals surface area contributed by atoms with Crippen LogP contribution in [0.4, 0.5) is 0 Å². The predicted molar refractivity (Wildman–Crippen MR) is 118 cm³/mol. The van der Waals surface area contributed by atoms with Gasteiger partial charge in [-0.05, 0) is 54.5 Å². The molecule has 1 aliphatic heterocycles. The zero-order valence-corrected chi connectivity index (χ0v) is 16.9. The van der Waals surface area contributed by atoms with E-state index in [4.69, 9.17) is 14.2 Å². The Morgan fingerprint density at radius 3 is 2.57 bits per heavy atom. The first-order valence-electron chi connectivity index (χ1n) is 9.72. The van der Waals surface area contributed by atoms with Crippen LogP contribution in [0, 0.1) is 6.92 Å². The maximum Gasteiger partial charge on any atom is 0.231 e. The molecule has 0 aromatic heterocycles. The number of allylic oxidation sites excluding steroid dienone is 1. The number of Topliss-reactive ketones (excluding diaryl/α,β-unsaturated/α-hetero) is 1. The zero-order valence-electron chi connectivity index (χ0n) is 16.9. The number of ether oxygens (including phenoxy) is 3. The van der Waals surface area contributed by atoms with E-state index >= 15 is 0 Å². The third-order valence-corrected chi connectivity index (χ3v) is 4.87. The summed E-state index contributed by atoms with van der Waals surface area (Å²) in [6.07, 6.45) is 5.70. The number of rotatable bonds is 6. The van der Waals surface area contributed by atoms with Crippen molar-refractivity contribution in [1.82, 2.24) is 0 Å². The van der Waals surface area contributed by atoms with Crippen LogP contribution in [0.1, 0.15) is 27.0 Å².